The molecule has 0 spiro atoms. The number of anilines is 1. The van der Waals surface area contributed by atoms with Gasteiger partial charge in [0.2, 0.25) is 0 Å². The van der Waals surface area contributed by atoms with Crippen LogP contribution in [0.25, 0.3) is 0 Å². The second-order valence-electron chi connectivity index (χ2n) is 5.71. The fourth-order valence-corrected chi connectivity index (χ4v) is 3.21. The van der Waals surface area contributed by atoms with E-state index < -0.39 is 0 Å². The SMILES string of the molecule is CNc1ncccc1CN1CCCCC1c1[nH]ncc1C. The largest absolute Gasteiger partial charge is 0.373 e. The van der Waals surface area contributed by atoms with E-state index in [0.717, 1.165) is 18.9 Å². The molecule has 1 saturated heterocycles. The first kappa shape index (κ1) is 14.1. The van der Waals surface area contributed by atoms with Gasteiger partial charge in [-0.15, -0.1) is 0 Å². The molecule has 0 radical (unpaired) electrons. The van der Waals surface area contributed by atoms with Crippen LogP contribution in [0.2, 0.25) is 0 Å². The Kier molecular flexibility index (Phi) is 4.20. The van der Waals surface area contributed by atoms with E-state index in [4.69, 9.17) is 0 Å². The maximum absolute atomic E-state index is 4.41. The Morgan fingerprint density at radius 1 is 1.43 bits per heavy atom. The van der Waals surface area contributed by atoms with Gasteiger partial charge in [0.15, 0.2) is 0 Å². The molecule has 0 saturated carbocycles. The number of likely N-dealkylation sites (tertiary alicyclic amines) is 1. The van der Waals surface area contributed by atoms with Crippen molar-refractivity contribution in [2.45, 2.75) is 38.8 Å². The van der Waals surface area contributed by atoms with Gasteiger partial charge in [-0.3, -0.25) is 10.00 Å². The number of piperidine rings is 1. The molecule has 1 atom stereocenters. The fourth-order valence-electron chi connectivity index (χ4n) is 3.21. The molecule has 1 unspecified atom stereocenters. The zero-order chi connectivity index (χ0) is 14.7. The predicted octanol–water partition coefficient (Wildman–Crippen LogP) is 2.88. The predicted molar refractivity (Wildman–Crippen MR) is 84.1 cm³/mol. The lowest BCUT2D eigenvalue weighted by molar-refractivity contribution is 0.137. The van der Waals surface area contributed by atoms with Gasteiger partial charge in [-0.2, -0.15) is 5.10 Å². The van der Waals surface area contributed by atoms with Crippen LogP contribution < -0.4 is 5.32 Å². The van der Waals surface area contributed by atoms with E-state index in [9.17, 15) is 0 Å². The van der Waals surface area contributed by atoms with Crippen molar-refractivity contribution in [1.82, 2.24) is 20.1 Å². The quantitative estimate of drug-likeness (QED) is 0.907. The third-order valence-electron chi connectivity index (χ3n) is 4.32. The molecule has 3 heterocycles. The highest BCUT2D eigenvalue weighted by molar-refractivity contribution is 5.43. The highest BCUT2D eigenvalue weighted by Crippen LogP contribution is 2.33. The molecule has 2 aromatic heterocycles. The van der Waals surface area contributed by atoms with Crippen molar-refractivity contribution in [1.29, 1.82) is 0 Å². The Hall–Kier alpha value is -1.88. The molecule has 1 fully saturated rings. The van der Waals surface area contributed by atoms with Crippen LogP contribution in [-0.4, -0.2) is 33.7 Å². The number of rotatable bonds is 4. The zero-order valence-electron chi connectivity index (χ0n) is 12.8. The molecule has 0 bridgehead atoms. The summed E-state index contributed by atoms with van der Waals surface area (Å²) in [4.78, 5) is 6.95. The summed E-state index contributed by atoms with van der Waals surface area (Å²) in [6.07, 6.45) is 7.50. The van der Waals surface area contributed by atoms with Crippen molar-refractivity contribution >= 4 is 5.82 Å². The minimum absolute atomic E-state index is 0.436. The summed E-state index contributed by atoms with van der Waals surface area (Å²) in [5.74, 6) is 0.975. The standard InChI is InChI=1S/C16H23N5/c1-12-10-19-20-15(12)14-7-3-4-9-21(14)11-13-6-5-8-18-16(13)17-2/h5-6,8,10,14H,3-4,7,9,11H2,1-2H3,(H,17,18)(H,19,20). The Bertz CT molecular complexity index is 592. The molecule has 0 aromatic carbocycles. The third-order valence-corrected chi connectivity index (χ3v) is 4.32. The number of hydrogen-bond donors (Lipinski definition) is 2. The molecule has 5 nitrogen and oxygen atoms in total. The normalized spacial score (nSPS) is 19.6. The molecule has 21 heavy (non-hydrogen) atoms. The number of hydrogen-bond acceptors (Lipinski definition) is 4. The molecule has 5 heteroatoms. The average Bonchev–Trinajstić information content (AvgIpc) is 2.94. The summed E-state index contributed by atoms with van der Waals surface area (Å²) in [5, 5.41) is 10.6. The molecule has 2 aromatic rings. The van der Waals surface area contributed by atoms with Gasteiger partial charge < -0.3 is 5.32 Å². The molecule has 1 aliphatic heterocycles. The first-order valence-corrected chi connectivity index (χ1v) is 7.65. The van der Waals surface area contributed by atoms with Gasteiger partial charge >= 0.3 is 0 Å². The number of nitrogens with one attached hydrogen (secondary N) is 2. The number of pyridine rings is 1. The van der Waals surface area contributed by atoms with Gasteiger partial charge in [0.1, 0.15) is 5.82 Å². The first-order chi connectivity index (χ1) is 10.3. The zero-order valence-corrected chi connectivity index (χ0v) is 12.8. The van der Waals surface area contributed by atoms with Crippen molar-refractivity contribution in [3.8, 4) is 0 Å². The highest BCUT2D eigenvalue weighted by Gasteiger charge is 2.26. The summed E-state index contributed by atoms with van der Waals surface area (Å²) in [7, 11) is 1.93. The van der Waals surface area contributed by atoms with Gasteiger partial charge in [-0.1, -0.05) is 12.5 Å². The maximum Gasteiger partial charge on any atom is 0.130 e. The van der Waals surface area contributed by atoms with E-state index in [2.05, 4.69) is 38.4 Å². The molecule has 0 aliphatic carbocycles. The number of nitrogens with zero attached hydrogens (tertiary/aromatic N) is 3. The highest BCUT2D eigenvalue weighted by atomic mass is 15.2. The fraction of sp³-hybridized carbons (Fsp3) is 0.500. The van der Waals surface area contributed by atoms with E-state index in [0.29, 0.717) is 6.04 Å². The second kappa shape index (κ2) is 6.26. The van der Waals surface area contributed by atoms with Crippen LogP contribution in [0.1, 0.15) is 42.1 Å². The Morgan fingerprint density at radius 3 is 3.10 bits per heavy atom. The molecular formula is C16H23N5. The maximum atomic E-state index is 4.41. The lowest BCUT2D eigenvalue weighted by atomic mass is 9.97. The van der Waals surface area contributed by atoms with E-state index >= 15 is 0 Å². The number of aryl methyl sites for hydroxylation is 1. The van der Waals surface area contributed by atoms with Crippen LogP contribution in [0.4, 0.5) is 5.82 Å². The number of H-pyrrole nitrogens is 1. The number of aromatic nitrogens is 3. The van der Waals surface area contributed by atoms with Crippen molar-refractivity contribution in [3.63, 3.8) is 0 Å². The van der Waals surface area contributed by atoms with Crippen LogP contribution in [-0.2, 0) is 6.54 Å². The van der Waals surface area contributed by atoms with E-state index in [1.165, 1.54) is 36.1 Å². The molecule has 2 N–H and O–H groups in total. The van der Waals surface area contributed by atoms with Crippen molar-refractivity contribution in [2.75, 3.05) is 18.9 Å². The third kappa shape index (κ3) is 2.93. The van der Waals surface area contributed by atoms with Crippen LogP contribution >= 0.6 is 0 Å². The Labute approximate surface area is 125 Å². The van der Waals surface area contributed by atoms with Crippen molar-refractivity contribution in [2.24, 2.45) is 0 Å². The first-order valence-electron chi connectivity index (χ1n) is 7.65. The van der Waals surface area contributed by atoms with Crippen molar-refractivity contribution in [3.05, 3.63) is 41.3 Å². The van der Waals surface area contributed by atoms with Crippen LogP contribution in [0, 0.1) is 6.92 Å². The monoisotopic (exact) mass is 285 g/mol. The van der Waals surface area contributed by atoms with Gasteiger partial charge in [-0.25, -0.2) is 4.98 Å². The van der Waals surface area contributed by atoms with E-state index in [-0.39, 0.29) is 0 Å². The van der Waals surface area contributed by atoms with Gasteiger partial charge in [0, 0.05) is 25.4 Å². The van der Waals surface area contributed by atoms with Gasteiger partial charge in [0.05, 0.1) is 17.9 Å². The lowest BCUT2D eigenvalue weighted by Crippen LogP contribution is -2.33. The lowest BCUT2D eigenvalue weighted by Gasteiger charge is -2.35. The summed E-state index contributed by atoms with van der Waals surface area (Å²) in [6, 6.07) is 4.60. The summed E-state index contributed by atoms with van der Waals surface area (Å²) in [6.45, 7) is 4.18. The Balaban J connectivity index is 1.83. The van der Waals surface area contributed by atoms with E-state index in [1.807, 2.05) is 25.5 Å². The second-order valence-corrected chi connectivity index (χ2v) is 5.71. The van der Waals surface area contributed by atoms with Gasteiger partial charge in [-0.05, 0) is 37.9 Å². The molecule has 3 rings (SSSR count). The summed E-state index contributed by atoms with van der Waals surface area (Å²) < 4.78 is 0. The topological polar surface area (TPSA) is 56.8 Å². The number of aromatic amines is 1. The van der Waals surface area contributed by atoms with Crippen LogP contribution in [0.5, 0.6) is 0 Å². The van der Waals surface area contributed by atoms with Gasteiger partial charge in [0.25, 0.3) is 0 Å². The van der Waals surface area contributed by atoms with E-state index in [1.54, 1.807) is 0 Å². The van der Waals surface area contributed by atoms with Crippen LogP contribution in [0.3, 0.4) is 0 Å². The molecular weight excluding hydrogens is 262 g/mol. The minimum atomic E-state index is 0.436. The summed E-state index contributed by atoms with van der Waals surface area (Å²) >= 11 is 0. The molecule has 1 aliphatic rings. The van der Waals surface area contributed by atoms with Crippen LogP contribution in [0.15, 0.2) is 24.5 Å². The minimum Gasteiger partial charge on any atom is -0.373 e. The molecule has 112 valence electrons. The smallest absolute Gasteiger partial charge is 0.130 e. The molecule has 0 amide bonds. The van der Waals surface area contributed by atoms with Crippen molar-refractivity contribution < 1.29 is 0 Å². The summed E-state index contributed by atoms with van der Waals surface area (Å²) in [5.41, 5.74) is 3.78. The average molecular weight is 285 g/mol. The Morgan fingerprint density at radius 2 is 2.33 bits per heavy atom.